The van der Waals surface area contributed by atoms with Crippen LogP contribution in [0, 0.1) is 6.92 Å². The number of carbonyl (C=O) groups excluding carboxylic acids is 2. The number of thiophene rings is 1. The molecule has 2 aromatic heterocycles. The lowest BCUT2D eigenvalue weighted by atomic mass is 9.96. The van der Waals surface area contributed by atoms with Crippen LogP contribution >= 0.6 is 11.3 Å². The maximum absolute atomic E-state index is 14.1. The molecule has 176 valence electrons. The SMILES string of the molecule is Cc1cccc(C2c3cccn3-c3ccccc3N2C(=O)CN(C(=O)Cc2cccs2)C2CC2)c1. The summed E-state index contributed by atoms with van der Waals surface area (Å²) >= 11 is 1.59. The van der Waals surface area contributed by atoms with Crippen molar-refractivity contribution in [3.8, 4) is 5.69 Å². The first-order chi connectivity index (χ1) is 17.1. The van der Waals surface area contributed by atoms with Crippen LogP contribution in [0.1, 0.15) is 40.6 Å². The van der Waals surface area contributed by atoms with Crippen LogP contribution in [-0.4, -0.2) is 33.9 Å². The standard InChI is InChI=1S/C29H27N3O2S/c1-20-7-4-8-21(17-20)29-26-12-5-15-30(26)24-10-2-3-11-25(24)32(29)28(34)19-31(22-13-14-22)27(33)18-23-9-6-16-35-23/h2-12,15-17,22,29H,13-14,18-19H2,1H3. The summed E-state index contributed by atoms with van der Waals surface area (Å²) in [6.07, 6.45) is 4.33. The van der Waals surface area contributed by atoms with Crippen molar-refractivity contribution in [1.29, 1.82) is 0 Å². The number of amides is 2. The van der Waals surface area contributed by atoms with E-state index in [1.54, 1.807) is 11.3 Å². The molecule has 0 N–H and O–H groups in total. The van der Waals surface area contributed by atoms with Crippen molar-refractivity contribution in [3.63, 3.8) is 0 Å². The van der Waals surface area contributed by atoms with Gasteiger partial charge in [0.2, 0.25) is 11.8 Å². The van der Waals surface area contributed by atoms with Gasteiger partial charge in [0.1, 0.15) is 12.6 Å². The van der Waals surface area contributed by atoms with Crippen LogP contribution in [0.5, 0.6) is 0 Å². The molecule has 1 unspecified atom stereocenters. The molecular weight excluding hydrogens is 454 g/mol. The molecule has 4 aromatic rings. The van der Waals surface area contributed by atoms with Crippen LogP contribution in [0.3, 0.4) is 0 Å². The summed E-state index contributed by atoms with van der Waals surface area (Å²) < 4.78 is 2.17. The van der Waals surface area contributed by atoms with Gasteiger partial charge in [-0.25, -0.2) is 0 Å². The zero-order valence-electron chi connectivity index (χ0n) is 19.6. The Hall–Kier alpha value is -3.64. The Morgan fingerprint density at radius 3 is 2.54 bits per heavy atom. The summed E-state index contributed by atoms with van der Waals surface area (Å²) in [7, 11) is 0. The van der Waals surface area contributed by atoms with Crippen molar-refractivity contribution in [3.05, 3.63) is 106 Å². The lowest BCUT2D eigenvalue weighted by molar-refractivity contribution is -0.135. The zero-order chi connectivity index (χ0) is 23.9. The van der Waals surface area contributed by atoms with Crippen LogP contribution in [0.2, 0.25) is 0 Å². The Kier molecular flexibility index (Phi) is 5.53. The van der Waals surface area contributed by atoms with E-state index in [1.807, 2.05) is 63.7 Å². The van der Waals surface area contributed by atoms with Gasteiger partial charge in [-0.2, -0.15) is 0 Å². The molecule has 0 saturated heterocycles. The van der Waals surface area contributed by atoms with Crippen molar-refractivity contribution in [2.45, 2.75) is 38.3 Å². The fraction of sp³-hybridized carbons (Fsp3) is 0.241. The fourth-order valence-electron chi connectivity index (χ4n) is 5.11. The van der Waals surface area contributed by atoms with Gasteiger partial charge in [-0.3, -0.25) is 14.5 Å². The number of para-hydroxylation sites is 2. The van der Waals surface area contributed by atoms with Crippen molar-refractivity contribution >= 4 is 28.8 Å². The molecule has 1 aliphatic carbocycles. The maximum Gasteiger partial charge on any atom is 0.247 e. The van der Waals surface area contributed by atoms with E-state index in [1.165, 1.54) is 0 Å². The van der Waals surface area contributed by atoms with Gasteiger partial charge in [-0.15, -0.1) is 11.3 Å². The molecule has 0 bridgehead atoms. The third-order valence-corrected chi connectivity index (χ3v) is 7.74. The van der Waals surface area contributed by atoms with Gasteiger partial charge in [0.25, 0.3) is 0 Å². The second kappa shape index (κ2) is 8.86. The molecule has 1 saturated carbocycles. The molecule has 6 rings (SSSR count). The number of rotatable bonds is 6. The molecule has 5 nitrogen and oxygen atoms in total. The van der Waals surface area contributed by atoms with Gasteiger partial charge >= 0.3 is 0 Å². The average Bonchev–Trinajstić information content (AvgIpc) is 3.34. The minimum atomic E-state index is -0.263. The maximum atomic E-state index is 14.1. The number of hydrogen-bond acceptors (Lipinski definition) is 3. The normalized spacial score (nSPS) is 16.5. The minimum Gasteiger partial charge on any atom is -0.330 e. The Morgan fingerprint density at radius 2 is 1.80 bits per heavy atom. The highest BCUT2D eigenvalue weighted by Crippen LogP contribution is 2.42. The molecule has 1 atom stereocenters. The average molecular weight is 482 g/mol. The first kappa shape index (κ1) is 21.9. The predicted octanol–water partition coefficient (Wildman–Crippen LogP) is 5.52. The number of benzene rings is 2. The van der Waals surface area contributed by atoms with E-state index in [4.69, 9.17) is 0 Å². The first-order valence-electron chi connectivity index (χ1n) is 12.1. The molecule has 35 heavy (non-hydrogen) atoms. The lowest BCUT2D eigenvalue weighted by Gasteiger charge is -2.39. The van der Waals surface area contributed by atoms with Gasteiger partial charge in [0.05, 0.1) is 23.5 Å². The predicted molar refractivity (Wildman–Crippen MR) is 139 cm³/mol. The minimum absolute atomic E-state index is 0.0316. The Bertz CT molecular complexity index is 1390. The monoisotopic (exact) mass is 481 g/mol. The Morgan fingerprint density at radius 1 is 0.971 bits per heavy atom. The van der Waals surface area contributed by atoms with Crippen molar-refractivity contribution in [2.24, 2.45) is 0 Å². The fourth-order valence-corrected chi connectivity index (χ4v) is 5.81. The Labute approximate surface area is 209 Å². The largest absolute Gasteiger partial charge is 0.330 e. The summed E-state index contributed by atoms with van der Waals surface area (Å²) in [6, 6.07) is 24.3. The number of aryl methyl sites for hydroxylation is 1. The molecule has 1 fully saturated rings. The second-order valence-corrected chi connectivity index (χ2v) is 10.4. The summed E-state index contributed by atoms with van der Waals surface area (Å²) in [4.78, 5) is 32.2. The number of nitrogens with zero attached hydrogens (tertiary/aromatic N) is 3. The van der Waals surface area contributed by atoms with E-state index in [2.05, 4.69) is 42.0 Å². The van der Waals surface area contributed by atoms with Crippen LogP contribution < -0.4 is 4.90 Å². The summed E-state index contributed by atoms with van der Waals surface area (Å²) in [5, 5.41) is 1.99. The van der Waals surface area contributed by atoms with Gasteiger partial charge < -0.3 is 9.47 Å². The molecule has 2 aliphatic rings. The summed E-state index contributed by atoms with van der Waals surface area (Å²) in [6.45, 7) is 2.16. The number of fused-ring (bicyclic) bond motifs is 3. The van der Waals surface area contributed by atoms with E-state index in [9.17, 15) is 9.59 Å². The summed E-state index contributed by atoms with van der Waals surface area (Å²) in [5.74, 6) is -0.0214. The second-order valence-electron chi connectivity index (χ2n) is 9.38. The molecule has 1 aliphatic heterocycles. The number of carbonyl (C=O) groups is 2. The third-order valence-electron chi connectivity index (χ3n) is 6.87. The molecule has 3 heterocycles. The number of aromatic nitrogens is 1. The van der Waals surface area contributed by atoms with E-state index in [-0.39, 0.29) is 30.4 Å². The van der Waals surface area contributed by atoms with E-state index in [0.717, 1.165) is 45.9 Å². The van der Waals surface area contributed by atoms with Gasteiger partial charge in [0.15, 0.2) is 0 Å². The van der Waals surface area contributed by atoms with Crippen LogP contribution in [0.4, 0.5) is 5.69 Å². The van der Waals surface area contributed by atoms with Crippen LogP contribution in [0.15, 0.2) is 84.4 Å². The van der Waals surface area contributed by atoms with Crippen LogP contribution in [0.25, 0.3) is 5.69 Å². The third kappa shape index (κ3) is 4.08. The molecule has 2 aromatic carbocycles. The highest BCUT2D eigenvalue weighted by Gasteiger charge is 2.39. The number of anilines is 1. The van der Waals surface area contributed by atoms with E-state index < -0.39 is 0 Å². The smallest absolute Gasteiger partial charge is 0.247 e. The van der Waals surface area contributed by atoms with Crippen LogP contribution in [-0.2, 0) is 16.0 Å². The van der Waals surface area contributed by atoms with Gasteiger partial charge in [-0.05, 0) is 61.0 Å². The highest BCUT2D eigenvalue weighted by atomic mass is 32.1. The summed E-state index contributed by atoms with van der Waals surface area (Å²) in [5.41, 5.74) is 5.11. The Balaban J connectivity index is 1.39. The van der Waals surface area contributed by atoms with Crippen molar-refractivity contribution in [1.82, 2.24) is 9.47 Å². The molecule has 2 amide bonds. The van der Waals surface area contributed by atoms with Crippen molar-refractivity contribution < 1.29 is 9.59 Å². The number of hydrogen-bond donors (Lipinski definition) is 0. The van der Waals surface area contributed by atoms with Gasteiger partial charge in [-0.1, -0.05) is 48.0 Å². The molecule has 6 heteroatoms. The molecule has 0 radical (unpaired) electrons. The van der Waals surface area contributed by atoms with Crippen molar-refractivity contribution in [2.75, 3.05) is 11.4 Å². The first-order valence-corrected chi connectivity index (χ1v) is 13.0. The van der Waals surface area contributed by atoms with E-state index in [0.29, 0.717) is 6.42 Å². The molecule has 0 spiro atoms. The zero-order valence-corrected chi connectivity index (χ0v) is 20.4. The molecular formula is C29H27N3O2S. The van der Waals surface area contributed by atoms with Gasteiger partial charge in [0, 0.05) is 17.1 Å². The lowest BCUT2D eigenvalue weighted by Crippen LogP contribution is -2.47. The highest BCUT2D eigenvalue weighted by molar-refractivity contribution is 7.10. The quantitative estimate of drug-likeness (QED) is 0.364. The van der Waals surface area contributed by atoms with E-state index >= 15 is 0 Å². The topological polar surface area (TPSA) is 45.6 Å².